The third-order valence-corrected chi connectivity index (χ3v) is 5.13. The summed E-state index contributed by atoms with van der Waals surface area (Å²) in [6.07, 6.45) is 3.10. The van der Waals surface area contributed by atoms with E-state index in [0.29, 0.717) is 38.7 Å². The lowest BCUT2D eigenvalue weighted by Gasteiger charge is -2.20. The van der Waals surface area contributed by atoms with Gasteiger partial charge in [-0.1, -0.05) is 44.2 Å². The van der Waals surface area contributed by atoms with Crippen molar-refractivity contribution in [2.75, 3.05) is 13.7 Å². The fraction of sp³-hybridized carbons (Fsp3) is 0.261. The topological polar surface area (TPSA) is 89.0 Å². The van der Waals surface area contributed by atoms with Crippen LogP contribution in [0.1, 0.15) is 29.8 Å². The molecule has 0 spiro atoms. The van der Waals surface area contributed by atoms with Gasteiger partial charge in [0, 0.05) is 10.6 Å². The van der Waals surface area contributed by atoms with Gasteiger partial charge in [-0.3, -0.25) is 9.59 Å². The molecule has 2 amide bonds. The molecule has 0 saturated heterocycles. The summed E-state index contributed by atoms with van der Waals surface area (Å²) < 4.78 is 11.6. The van der Waals surface area contributed by atoms with Gasteiger partial charge in [0.05, 0.1) is 17.8 Å². The van der Waals surface area contributed by atoms with Gasteiger partial charge in [-0.25, -0.2) is 5.43 Å². The Hall–Kier alpha value is -2.84. The molecule has 0 saturated carbocycles. The average molecular weight is 523 g/mol. The fourth-order valence-electron chi connectivity index (χ4n) is 2.73. The number of ether oxygens (including phenoxy) is 2. The summed E-state index contributed by atoms with van der Waals surface area (Å²) in [6, 6.07) is 9.23. The molecular weight excluding hydrogens is 498 g/mol. The van der Waals surface area contributed by atoms with Gasteiger partial charge >= 0.3 is 0 Å². The summed E-state index contributed by atoms with van der Waals surface area (Å²) >= 11 is 9.38. The molecule has 0 heterocycles. The maximum atomic E-state index is 12.6. The second-order valence-corrected chi connectivity index (χ2v) is 8.36. The van der Waals surface area contributed by atoms with Crippen molar-refractivity contribution in [3.05, 3.63) is 69.7 Å². The molecule has 0 aliphatic rings. The Morgan fingerprint density at radius 1 is 1.28 bits per heavy atom. The minimum absolute atomic E-state index is 0.163. The number of hydrazone groups is 1. The van der Waals surface area contributed by atoms with Crippen LogP contribution in [0.2, 0.25) is 5.02 Å². The Bertz CT molecular complexity index is 1010. The number of nitrogens with zero attached hydrogens (tertiary/aromatic N) is 1. The van der Waals surface area contributed by atoms with Crippen LogP contribution >= 0.6 is 27.5 Å². The highest BCUT2D eigenvalue weighted by Crippen LogP contribution is 2.36. The highest BCUT2D eigenvalue weighted by Gasteiger charge is 2.24. The van der Waals surface area contributed by atoms with Crippen molar-refractivity contribution in [1.82, 2.24) is 10.7 Å². The number of amides is 2. The molecule has 2 aromatic carbocycles. The first-order chi connectivity index (χ1) is 15.3. The second kappa shape index (κ2) is 12.3. The molecule has 0 radical (unpaired) electrons. The van der Waals surface area contributed by atoms with E-state index in [0.717, 1.165) is 0 Å². The van der Waals surface area contributed by atoms with Gasteiger partial charge in [-0.15, -0.1) is 0 Å². The summed E-state index contributed by atoms with van der Waals surface area (Å²) in [7, 11) is 1.53. The smallest absolute Gasteiger partial charge is 0.262 e. The number of carbonyl (C=O) groups is 2. The average Bonchev–Trinajstić information content (AvgIpc) is 2.75. The number of hydrogen-bond donors (Lipinski definition) is 2. The molecule has 1 unspecified atom stereocenters. The van der Waals surface area contributed by atoms with Crippen molar-refractivity contribution < 1.29 is 19.1 Å². The zero-order chi connectivity index (χ0) is 23.7. The van der Waals surface area contributed by atoms with Crippen LogP contribution in [0.25, 0.3) is 0 Å². The summed E-state index contributed by atoms with van der Waals surface area (Å²) in [5.74, 6) is 0.0431. The maximum Gasteiger partial charge on any atom is 0.262 e. The van der Waals surface area contributed by atoms with Crippen molar-refractivity contribution in [2.24, 2.45) is 11.0 Å². The van der Waals surface area contributed by atoms with Crippen molar-refractivity contribution in [3.63, 3.8) is 0 Å². The van der Waals surface area contributed by atoms with Crippen LogP contribution in [0.3, 0.4) is 0 Å². The van der Waals surface area contributed by atoms with E-state index in [4.69, 9.17) is 21.1 Å². The highest BCUT2D eigenvalue weighted by atomic mass is 79.9. The SMILES string of the molecule is C=CCOc1c(Br)cc(C=NNC(=O)C(NC(=O)c2cccc(Cl)c2)C(C)C)cc1OC. The Labute approximate surface area is 200 Å². The van der Waals surface area contributed by atoms with E-state index in [9.17, 15) is 9.59 Å². The molecule has 0 aromatic heterocycles. The summed E-state index contributed by atoms with van der Waals surface area (Å²) in [4.78, 5) is 25.1. The predicted octanol–water partition coefficient (Wildman–Crippen LogP) is 4.58. The lowest BCUT2D eigenvalue weighted by atomic mass is 10.0. The lowest BCUT2D eigenvalue weighted by molar-refractivity contribution is -0.123. The van der Waals surface area contributed by atoms with Crippen molar-refractivity contribution in [2.45, 2.75) is 19.9 Å². The first-order valence-electron chi connectivity index (χ1n) is 9.77. The molecule has 1 atom stereocenters. The monoisotopic (exact) mass is 521 g/mol. The Kier molecular flexibility index (Phi) is 9.74. The maximum absolute atomic E-state index is 12.6. The number of hydrogen-bond acceptors (Lipinski definition) is 5. The highest BCUT2D eigenvalue weighted by molar-refractivity contribution is 9.10. The van der Waals surface area contributed by atoms with Crippen LogP contribution in [0.15, 0.2) is 58.6 Å². The zero-order valence-corrected chi connectivity index (χ0v) is 20.4. The van der Waals surface area contributed by atoms with Crippen molar-refractivity contribution >= 4 is 45.6 Å². The minimum Gasteiger partial charge on any atom is -0.493 e. The standard InChI is InChI=1S/C23H25BrClN3O4/c1-5-9-32-21-18(24)10-15(11-19(21)31-4)13-26-28-23(30)20(14(2)3)27-22(29)16-7-6-8-17(25)12-16/h5-8,10-14,20H,1,9H2,2-4H3,(H,27,29)(H,28,30). The molecule has 0 aliphatic heterocycles. The van der Waals surface area contributed by atoms with Crippen LogP contribution < -0.4 is 20.2 Å². The second-order valence-electron chi connectivity index (χ2n) is 7.07. The number of methoxy groups -OCH3 is 1. The largest absolute Gasteiger partial charge is 0.493 e. The number of rotatable bonds is 10. The van der Waals surface area contributed by atoms with E-state index in [1.165, 1.54) is 19.4 Å². The van der Waals surface area contributed by atoms with Gasteiger partial charge in [-0.05, 0) is 57.7 Å². The molecule has 0 fully saturated rings. The number of halogens is 2. The van der Waals surface area contributed by atoms with E-state index in [2.05, 4.69) is 38.4 Å². The van der Waals surface area contributed by atoms with E-state index < -0.39 is 17.9 Å². The summed E-state index contributed by atoms with van der Waals surface area (Å²) in [5, 5.41) is 7.18. The van der Waals surface area contributed by atoms with Crippen LogP contribution in [0.4, 0.5) is 0 Å². The van der Waals surface area contributed by atoms with Crippen molar-refractivity contribution in [1.29, 1.82) is 0 Å². The third kappa shape index (κ3) is 7.10. The predicted molar refractivity (Wildman–Crippen MR) is 130 cm³/mol. The minimum atomic E-state index is -0.783. The first-order valence-corrected chi connectivity index (χ1v) is 10.9. The van der Waals surface area contributed by atoms with E-state index in [1.807, 2.05) is 13.8 Å². The van der Waals surface area contributed by atoms with E-state index in [-0.39, 0.29) is 5.92 Å². The third-order valence-electron chi connectivity index (χ3n) is 4.31. The quantitative estimate of drug-likeness (QED) is 0.272. The lowest BCUT2D eigenvalue weighted by Crippen LogP contribution is -2.48. The summed E-state index contributed by atoms with van der Waals surface area (Å²) in [5.41, 5.74) is 3.52. The van der Waals surface area contributed by atoms with E-state index in [1.54, 1.807) is 36.4 Å². The van der Waals surface area contributed by atoms with Crippen LogP contribution in [-0.4, -0.2) is 37.8 Å². The van der Waals surface area contributed by atoms with Gasteiger partial charge in [0.25, 0.3) is 11.8 Å². The normalized spacial score (nSPS) is 11.8. The Morgan fingerprint density at radius 2 is 2.03 bits per heavy atom. The summed E-state index contributed by atoms with van der Waals surface area (Å²) in [6.45, 7) is 7.61. The number of benzene rings is 2. The van der Waals surface area contributed by atoms with Gasteiger partial charge in [0.15, 0.2) is 11.5 Å². The molecule has 2 rings (SSSR count). The molecule has 2 aromatic rings. The molecule has 32 heavy (non-hydrogen) atoms. The van der Waals surface area contributed by atoms with E-state index >= 15 is 0 Å². The van der Waals surface area contributed by atoms with Crippen LogP contribution in [0.5, 0.6) is 11.5 Å². The fourth-order valence-corrected chi connectivity index (χ4v) is 3.49. The van der Waals surface area contributed by atoms with Crippen LogP contribution in [0, 0.1) is 5.92 Å². The van der Waals surface area contributed by atoms with Gasteiger partial charge < -0.3 is 14.8 Å². The van der Waals surface area contributed by atoms with Gasteiger partial charge in [-0.2, -0.15) is 5.10 Å². The molecular formula is C23H25BrClN3O4. The van der Waals surface area contributed by atoms with Gasteiger partial charge in [0.1, 0.15) is 12.6 Å². The number of nitrogens with one attached hydrogen (secondary N) is 2. The molecule has 9 heteroatoms. The molecule has 0 bridgehead atoms. The van der Waals surface area contributed by atoms with Crippen molar-refractivity contribution in [3.8, 4) is 11.5 Å². The van der Waals surface area contributed by atoms with Crippen LogP contribution in [-0.2, 0) is 4.79 Å². The Balaban J connectivity index is 2.09. The zero-order valence-electron chi connectivity index (χ0n) is 18.0. The molecule has 0 aliphatic carbocycles. The molecule has 170 valence electrons. The molecule has 2 N–H and O–H groups in total. The number of carbonyl (C=O) groups excluding carboxylic acids is 2. The van der Waals surface area contributed by atoms with Gasteiger partial charge in [0.2, 0.25) is 0 Å². The molecule has 7 nitrogen and oxygen atoms in total. The Morgan fingerprint density at radius 3 is 2.66 bits per heavy atom. The first kappa shape index (κ1) is 25.4.